The average Bonchev–Trinajstić information content (AvgIpc) is 2.43. The van der Waals surface area contributed by atoms with Gasteiger partial charge in [-0.15, -0.1) is 0 Å². The molecule has 0 aromatic heterocycles. The second kappa shape index (κ2) is 5.47. The Labute approximate surface area is 117 Å². The summed E-state index contributed by atoms with van der Waals surface area (Å²) in [6.07, 6.45) is -1.47. The van der Waals surface area contributed by atoms with E-state index in [9.17, 15) is 13.9 Å². The fourth-order valence-electron chi connectivity index (χ4n) is 1.74. The van der Waals surface area contributed by atoms with Crippen LogP contribution in [-0.2, 0) is 0 Å². The Hall–Kier alpha value is -1.77. The fourth-order valence-corrected chi connectivity index (χ4v) is 2.08. The normalized spacial score (nSPS) is 11.9. The lowest BCUT2D eigenvalue weighted by Crippen LogP contribution is -2.06. The van der Waals surface area contributed by atoms with Gasteiger partial charge in [0, 0.05) is 0 Å². The number of hydrogen-bond acceptors (Lipinski definition) is 2. The minimum atomic E-state index is -1.47. The summed E-state index contributed by atoms with van der Waals surface area (Å²) in [5, 5.41) is 18.9. The number of halogens is 3. The molecule has 2 nitrogen and oxygen atoms in total. The minimum absolute atomic E-state index is 0.0689. The molecule has 0 spiro atoms. The van der Waals surface area contributed by atoms with Gasteiger partial charge in [-0.25, -0.2) is 8.78 Å². The van der Waals surface area contributed by atoms with E-state index in [4.69, 9.17) is 5.26 Å². The van der Waals surface area contributed by atoms with E-state index in [0.29, 0.717) is 5.56 Å². The van der Waals surface area contributed by atoms with E-state index in [2.05, 4.69) is 15.9 Å². The largest absolute Gasteiger partial charge is 0.383 e. The molecule has 2 aromatic carbocycles. The van der Waals surface area contributed by atoms with Crippen LogP contribution in [0, 0.1) is 23.0 Å². The highest BCUT2D eigenvalue weighted by atomic mass is 79.9. The second-order valence-electron chi connectivity index (χ2n) is 3.90. The molecule has 2 rings (SSSR count). The van der Waals surface area contributed by atoms with E-state index in [-0.39, 0.29) is 10.0 Å². The fraction of sp³-hybridized carbons (Fsp3) is 0.0714. The molecular formula is C14H8BrF2NO. The molecule has 96 valence electrons. The van der Waals surface area contributed by atoms with Gasteiger partial charge in [-0.2, -0.15) is 5.26 Å². The molecule has 0 bridgehead atoms. The summed E-state index contributed by atoms with van der Waals surface area (Å²) in [4.78, 5) is 0. The molecule has 0 heterocycles. The number of hydrogen-bond donors (Lipinski definition) is 1. The third kappa shape index (κ3) is 2.65. The molecule has 0 radical (unpaired) electrons. The van der Waals surface area contributed by atoms with Gasteiger partial charge in [-0.1, -0.05) is 12.1 Å². The molecule has 0 saturated carbocycles. The first-order valence-corrected chi connectivity index (χ1v) is 6.15. The third-order valence-electron chi connectivity index (χ3n) is 2.68. The Morgan fingerprint density at radius 3 is 2.63 bits per heavy atom. The summed E-state index contributed by atoms with van der Waals surface area (Å²) < 4.78 is 27.6. The van der Waals surface area contributed by atoms with Crippen LogP contribution in [0.2, 0.25) is 0 Å². The molecular weight excluding hydrogens is 316 g/mol. The van der Waals surface area contributed by atoms with Crippen LogP contribution in [0.3, 0.4) is 0 Å². The van der Waals surface area contributed by atoms with Gasteiger partial charge in [0.25, 0.3) is 0 Å². The maximum absolute atomic E-state index is 13.9. The summed E-state index contributed by atoms with van der Waals surface area (Å²) in [7, 11) is 0. The van der Waals surface area contributed by atoms with E-state index in [1.54, 1.807) is 12.1 Å². The molecule has 0 amide bonds. The van der Waals surface area contributed by atoms with Crippen molar-refractivity contribution in [3.8, 4) is 6.07 Å². The van der Waals surface area contributed by atoms with E-state index in [1.165, 1.54) is 18.2 Å². The van der Waals surface area contributed by atoms with E-state index in [1.807, 2.05) is 6.07 Å². The molecule has 1 atom stereocenters. The van der Waals surface area contributed by atoms with Crippen LogP contribution in [0.4, 0.5) is 8.78 Å². The summed E-state index contributed by atoms with van der Waals surface area (Å²) in [6, 6.07) is 10.2. The zero-order valence-corrected chi connectivity index (χ0v) is 11.2. The Kier molecular flexibility index (Phi) is 3.93. The zero-order valence-electron chi connectivity index (χ0n) is 9.57. The first-order chi connectivity index (χ1) is 9.04. The monoisotopic (exact) mass is 323 g/mol. The number of rotatable bonds is 2. The summed E-state index contributed by atoms with van der Waals surface area (Å²) in [5.41, 5.74) is 0.131. The Morgan fingerprint density at radius 1 is 1.21 bits per heavy atom. The maximum Gasteiger partial charge on any atom is 0.146 e. The lowest BCUT2D eigenvalue weighted by atomic mass is 9.99. The molecule has 5 heteroatoms. The van der Waals surface area contributed by atoms with Crippen molar-refractivity contribution in [1.29, 1.82) is 5.26 Å². The quantitative estimate of drug-likeness (QED) is 0.857. The number of benzene rings is 2. The molecule has 1 N–H and O–H groups in total. The Morgan fingerprint density at radius 2 is 1.95 bits per heavy atom. The smallest absolute Gasteiger partial charge is 0.146 e. The summed E-state index contributed by atoms with van der Waals surface area (Å²) >= 11 is 2.94. The lowest BCUT2D eigenvalue weighted by Gasteiger charge is -2.14. The van der Waals surface area contributed by atoms with Gasteiger partial charge in [0.1, 0.15) is 17.7 Å². The summed E-state index contributed by atoms with van der Waals surface area (Å²) in [6.45, 7) is 0. The highest BCUT2D eigenvalue weighted by Gasteiger charge is 2.21. The molecule has 0 aliphatic rings. The first-order valence-electron chi connectivity index (χ1n) is 5.36. The third-order valence-corrected chi connectivity index (χ3v) is 3.30. The van der Waals surface area contributed by atoms with Gasteiger partial charge in [0.15, 0.2) is 0 Å². The standard InChI is InChI=1S/C14H8BrF2NO/c15-10-4-5-11(16)12(13(10)17)14(19)9-3-1-2-8(6-9)7-18/h1-6,14,19H. The number of aliphatic hydroxyl groups excluding tert-OH is 1. The highest BCUT2D eigenvalue weighted by Crippen LogP contribution is 2.30. The van der Waals surface area contributed by atoms with E-state index in [0.717, 1.165) is 6.07 Å². The molecule has 0 aliphatic heterocycles. The number of nitrogens with zero attached hydrogens (tertiary/aromatic N) is 1. The molecule has 0 aliphatic carbocycles. The predicted octanol–water partition coefficient (Wildman–Crippen LogP) is 3.68. The number of nitriles is 1. The maximum atomic E-state index is 13.9. The topological polar surface area (TPSA) is 44.0 Å². The average molecular weight is 324 g/mol. The predicted molar refractivity (Wildman–Crippen MR) is 69.3 cm³/mol. The second-order valence-corrected chi connectivity index (χ2v) is 4.75. The molecule has 19 heavy (non-hydrogen) atoms. The Bertz CT molecular complexity index is 667. The van der Waals surface area contributed by atoms with E-state index >= 15 is 0 Å². The molecule has 0 saturated heterocycles. The van der Waals surface area contributed by atoms with E-state index < -0.39 is 23.3 Å². The SMILES string of the molecule is N#Cc1cccc(C(O)c2c(F)ccc(Br)c2F)c1. The first kappa shape index (κ1) is 13.7. The van der Waals surface area contributed by atoms with Gasteiger partial charge in [0.05, 0.1) is 21.7 Å². The van der Waals surface area contributed by atoms with Crippen molar-refractivity contribution >= 4 is 15.9 Å². The zero-order chi connectivity index (χ0) is 14.0. The van der Waals surface area contributed by atoms with Crippen molar-refractivity contribution in [2.45, 2.75) is 6.10 Å². The van der Waals surface area contributed by atoms with Gasteiger partial charge < -0.3 is 5.11 Å². The van der Waals surface area contributed by atoms with Gasteiger partial charge in [-0.3, -0.25) is 0 Å². The van der Waals surface area contributed by atoms with Gasteiger partial charge in [0.2, 0.25) is 0 Å². The van der Waals surface area contributed by atoms with Crippen molar-refractivity contribution in [2.24, 2.45) is 0 Å². The molecule has 2 aromatic rings. The summed E-state index contributed by atoms with van der Waals surface area (Å²) in [5.74, 6) is -1.69. The van der Waals surface area contributed by atoms with Gasteiger partial charge >= 0.3 is 0 Å². The van der Waals surface area contributed by atoms with Crippen LogP contribution < -0.4 is 0 Å². The Balaban J connectivity index is 2.53. The van der Waals surface area contributed by atoms with Crippen molar-refractivity contribution in [1.82, 2.24) is 0 Å². The van der Waals surface area contributed by atoms with Gasteiger partial charge in [-0.05, 0) is 45.8 Å². The van der Waals surface area contributed by atoms with Crippen LogP contribution in [0.15, 0.2) is 40.9 Å². The minimum Gasteiger partial charge on any atom is -0.383 e. The lowest BCUT2D eigenvalue weighted by molar-refractivity contribution is 0.209. The van der Waals surface area contributed by atoms with Crippen LogP contribution in [-0.4, -0.2) is 5.11 Å². The van der Waals surface area contributed by atoms with Crippen LogP contribution in [0.1, 0.15) is 22.8 Å². The van der Waals surface area contributed by atoms with Crippen LogP contribution >= 0.6 is 15.9 Å². The molecule has 0 fully saturated rings. The van der Waals surface area contributed by atoms with Crippen molar-refractivity contribution in [3.05, 3.63) is 69.2 Å². The van der Waals surface area contributed by atoms with Crippen molar-refractivity contribution < 1.29 is 13.9 Å². The van der Waals surface area contributed by atoms with Crippen molar-refractivity contribution in [2.75, 3.05) is 0 Å². The molecule has 1 unspecified atom stereocenters. The van der Waals surface area contributed by atoms with Crippen LogP contribution in [0.5, 0.6) is 0 Å². The highest BCUT2D eigenvalue weighted by molar-refractivity contribution is 9.10. The van der Waals surface area contributed by atoms with Crippen molar-refractivity contribution in [3.63, 3.8) is 0 Å². The number of aliphatic hydroxyl groups is 1. The van der Waals surface area contributed by atoms with Crippen LogP contribution in [0.25, 0.3) is 0 Å².